The van der Waals surface area contributed by atoms with Crippen LogP contribution < -0.4 is 4.74 Å². The van der Waals surface area contributed by atoms with E-state index in [0.29, 0.717) is 6.61 Å². The van der Waals surface area contributed by atoms with Crippen molar-refractivity contribution in [2.75, 3.05) is 12.9 Å². The van der Waals surface area contributed by atoms with Crippen LogP contribution in [0.1, 0.15) is 30.3 Å². The first-order valence-electron chi connectivity index (χ1n) is 9.09. The molecule has 3 rings (SSSR count). The highest BCUT2D eigenvalue weighted by Crippen LogP contribution is 2.15. The topological polar surface area (TPSA) is 52.3 Å². The summed E-state index contributed by atoms with van der Waals surface area (Å²) in [5, 5.41) is 13.6. The molecule has 0 unspecified atom stereocenters. The van der Waals surface area contributed by atoms with Crippen LogP contribution in [0.25, 0.3) is 0 Å². The maximum atomic E-state index is 5.83. The summed E-state index contributed by atoms with van der Waals surface area (Å²) < 4.78 is 7.62. The quantitative estimate of drug-likeness (QED) is 0.312. The standard InChI is InChI=1S/C21H24N4OS/c1-3-20-23-24-21(27-2)25(20)22-16-18-11-13-19(14-12-18)26-15-7-10-17-8-5-4-6-9-17/h4-6,8-9,11-14,16H,3,7,10,15H2,1-2H3/b22-16-. The molecule has 140 valence electrons. The third kappa shape index (κ3) is 5.44. The molecule has 1 heterocycles. The second-order valence-corrected chi connectivity index (χ2v) is 6.79. The van der Waals surface area contributed by atoms with E-state index in [1.807, 2.05) is 49.7 Å². The fourth-order valence-corrected chi connectivity index (χ4v) is 3.09. The SMILES string of the molecule is CCc1nnc(SC)n1/N=C\c1ccc(OCCCc2ccccc2)cc1. The lowest BCUT2D eigenvalue weighted by atomic mass is 10.1. The zero-order valence-corrected chi connectivity index (χ0v) is 16.5. The number of hydrogen-bond donors (Lipinski definition) is 0. The van der Waals surface area contributed by atoms with Gasteiger partial charge in [-0.05, 0) is 54.5 Å². The van der Waals surface area contributed by atoms with Gasteiger partial charge in [-0.15, -0.1) is 10.2 Å². The van der Waals surface area contributed by atoms with Gasteiger partial charge in [0.2, 0.25) is 5.16 Å². The van der Waals surface area contributed by atoms with E-state index in [1.54, 1.807) is 4.68 Å². The van der Waals surface area contributed by atoms with E-state index in [4.69, 9.17) is 4.74 Å². The summed E-state index contributed by atoms with van der Waals surface area (Å²) in [6.45, 7) is 2.75. The number of thioether (sulfide) groups is 1. The minimum absolute atomic E-state index is 0.708. The number of benzene rings is 2. The van der Waals surface area contributed by atoms with Crippen LogP contribution in [0.4, 0.5) is 0 Å². The molecule has 0 amide bonds. The lowest BCUT2D eigenvalue weighted by Gasteiger charge is -2.06. The molecule has 0 aliphatic rings. The first kappa shape index (κ1) is 19.2. The minimum Gasteiger partial charge on any atom is -0.494 e. The Morgan fingerprint density at radius 3 is 2.56 bits per heavy atom. The van der Waals surface area contributed by atoms with Gasteiger partial charge < -0.3 is 4.74 Å². The van der Waals surface area contributed by atoms with Crippen LogP contribution in [0.15, 0.2) is 64.9 Å². The van der Waals surface area contributed by atoms with Gasteiger partial charge >= 0.3 is 0 Å². The Labute approximate surface area is 164 Å². The fraction of sp³-hybridized carbons (Fsp3) is 0.286. The maximum absolute atomic E-state index is 5.83. The number of nitrogens with zero attached hydrogens (tertiary/aromatic N) is 4. The van der Waals surface area contributed by atoms with Crippen molar-refractivity contribution < 1.29 is 4.74 Å². The van der Waals surface area contributed by atoms with Crippen LogP contribution in [0.5, 0.6) is 5.75 Å². The highest BCUT2D eigenvalue weighted by atomic mass is 32.2. The highest BCUT2D eigenvalue weighted by molar-refractivity contribution is 7.98. The van der Waals surface area contributed by atoms with Crippen LogP contribution in [-0.2, 0) is 12.8 Å². The lowest BCUT2D eigenvalue weighted by molar-refractivity contribution is 0.311. The van der Waals surface area contributed by atoms with Gasteiger partial charge in [0.15, 0.2) is 5.82 Å². The molecule has 0 saturated carbocycles. The highest BCUT2D eigenvalue weighted by Gasteiger charge is 2.08. The van der Waals surface area contributed by atoms with E-state index in [2.05, 4.69) is 39.6 Å². The summed E-state index contributed by atoms with van der Waals surface area (Å²) in [6, 6.07) is 18.4. The number of rotatable bonds is 9. The van der Waals surface area contributed by atoms with Gasteiger partial charge in [-0.1, -0.05) is 49.0 Å². The van der Waals surface area contributed by atoms with Crippen molar-refractivity contribution in [2.24, 2.45) is 5.10 Å². The van der Waals surface area contributed by atoms with Gasteiger partial charge in [-0.2, -0.15) is 9.78 Å². The average molecular weight is 381 g/mol. The smallest absolute Gasteiger partial charge is 0.211 e. The molecule has 0 atom stereocenters. The summed E-state index contributed by atoms with van der Waals surface area (Å²) in [5.41, 5.74) is 2.35. The predicted molar refractivity (Wildman–Crippen MR) is 111 cm³/mol. The Bertz CT molecular complexity index is 838. The Morgan fingerprint density at radius 1 is 1.07 bits per heavy atom. The number of hydrogen-bond acceptors (Lipinski definition) is 5. The molecule has 0 fully saturated rings. The summed E-state index contributed by atoms with van der Waals surface area (Å²) >= 11 is 1.53. The lowest BCUT2D eigenvalue weighted by Crippen LogP contribution is -2.00. The molecule has 0 radical (unpaired) electrons. The monoisotopic (exact) mass is 380 g/mol. The zero-order valence-electron chi connectivity index (χ0n) is 15.7. The molecule has 0 aliphatic carbocycles. The fourth-order valence-electron chi connectivity index (χ4n) is 2.64. The van der Waals surface area contributed by atoms with Crippen LogP contribution in [0.3, 0.4) is 0 Å². The second-order valence-electron chi connectivity index (χ2n) is 6.02. The van der Waals surface area contributed by atoms with Crippen molar-refractivity contribution in [3.05, 3.63) is 71.5 Å². The number of aromatic nitrogens is 3. The Kier molecular flexibility index (Phi) is 7.04. The zero-order chi connectivity index (χ0) is 18.9. The summed E-state index contributed by atoms with van der Waals surface area (Å²) in [4.78, 5) is 0. The summed E-state index contributed by atoms with van der Waals surface area (Å²) in [6.07, 6.45) is 6.61. The third-order valence-electron chi connectivity index (χ3n) is 4.10. The van der Waals surface area contributed by atoms with E-state index >= 15 is 0 Å². The van der Waals surface area contributed by atoms with Crippen LogP contribution in [0, 0.1) is 0 Å². The first-order valence-corrected chi connectivity index (χ1v) is 10.3. The van der Waals surface area contributed by atoms with E-state index in [1.165, 1.54) is 17.3 Å². The molecule has 2 aromatic carbocycles. The number of ether oxygens (including phenoxy) is 1. The maximum Gasteiger partial charge on any atom is 0.211 e. The second kappa shape index (κ2) is 9.92. The van der Waals surface area contributed by atoms with Gasteiger partial charge in [0.25, 0.3) is 0 Å². The molecule has 0 aliphatic heterocycles. The van der Waals surface area contributed by atoms with Crippen molar-refractivity contribution in [2.45, 2.75) is 31.3 Å². The van der Waals surface area contributed by atoms with E-state index in [0.717, 1.165) is 41.6 Å². The van der Waals surface area contributed by atoms with Gasteiger partial charge in [0.05, 0.1) is 12.8 Å². The largest absolute Gasteiger partial charge is 0.494 e. The molecular formula is C21H24N4OS. The molecule has 1 aromatic heterocycles. The predicted octanol–water partition coefficient (Wildman–Crippen LogP) is 4.46. The van der Waals surface area contributed by atoms with E-state index in [-0.39, 0.29) is 0 Å². The molecule has 0 N–H and O–H groups in total. The van der Waals surface area contributed by atoms with Crippen LogP contribution >= 0.6 is 11.8 Å². The Morgan fingerprint density at radius 2 is 1.85 bits per heavy atom. The van der Waals surface area contributed by atoms with Crippen LogP contribution in [-0.4, -0.2) is 34.0 Å². The Hall–Kier alpha value is -2.60. The molecule has 0 spiro atoms. The van der Waals surface area contributed by atoms with Gasteiger partial charge in [0.1, 0.15) is 5.75 Å². The molecule has 5 nitrogen and oxygen atoms in total. The van der Waals surface area contributed by atoms with Crippen LogP contribution in [0.2, 0.25) is 0 Å². The van der Waals surface area contributed by atoms with Gasteiger partial charge in [-0.25, -0.2) is 0 Å². The normalized spacial score (nSPS) is 11.2. The van der Waals surface area contributed by atoms with Gasteiger partial charge in [0, 0.05) is 6.42 Å². The summed E-state index contributed by atoms with van der Waals surface area (Å²) in [7, 11) is 0. The molecule has 6 heteroatoms. The summed E-state index contributed by atoms with van der Waals surface area (Å²) in [5.74, 6) is 1.73. The minimum atomic E-state index is 0.708. The molecule has 27 heavy (non-hydrogen) atoms. The van der Waals surface area contributed by atoms with Gasteiger partial charge in [-0.3, -0.25) is 0 Å². The van der Waals surface area contributed by atoms with E-state index < -0.39 is 0 Å². The molecule has 0 bridgehead atoms. The van der Waals surface area contributed by atoms with Crippen molar-refractivity contribution in [3.8, 4) is 5.75 Å². The van der Waals surface area contributed by atoms with E-state index in [9.17, 15) is 0 Å². The van der Waals surface area contributed by atoms with Crippen molar-refractivity contribution in [1.29, 1.82) is 0 Å². The molecule has 0 saturated heterocycles. The van der Waals surface area contributed by atoms with Crippen molar-refractivity contribution in [3.63, 3.8) is 0 Å². The average Bonchev–Trinajstić information content (AvgIpc) is 3.13. The molecule has 3 aromatic rings. The Balaban J connectivity index is 1.52. The van der Waals surface area contributed by atoms with Crippen molar-refractivity contribution in [1.82, 2.24) is 14.9 Å². The molecular weight excluding hydrogens is 356 g/mol. The van der Waals surface area contributed by atoms with Crippen molar-refractivity contribution >= 4 is 18.0 Å². The third-order valence-corrected chi connectivity index (χ3v) is 4.72. The number of aryl methyl sites for hydroxylation is 2. The first-order chi connectivity index (χ1) is 13.3.